The summed E-state index contributed by atoms with van der Waals surface area (Å²) < 4.78 is 0. The molecular formula is C15H26N2. The maximum atomic E-state index is 8.87. The molecule has 0 N–H and O–H groups in total. The molecule has 1 atom stereocenters. The lowest BCUT2D eigenvalue weighted by Crippen LogP contribution is -2.37. The quantitative estimate of drug-likeness (QED) is 0.668. The van der Waals surface area contributed by atoms with Crippen LogP contribution in [0.25, 0.3) is 0 Å². The molecule has 0 fully saturated rings. The van der Waals surface area contributed by atoms with Crippen LogP contribution in [0.1, 0.15) is 58.8 Å². The Kier molecular flexibility index (Phi) is 6.96. The molecule has 0 aromatic carbocycles. The lowest BCUT2D eigenvalue weighted by Gasteiger charge is -2.33. The molecule has 1 rings (SSSR count). The lowest BCUT2D eigenvalue weighted by atomic mass is 9.94. The van der Waals surface area contributed by atoms with E-state index in [-0.39, 0.29) is 0 Å². The maximum absolute atomic E-state index is 8.87. The van der Waals surface area contributed by atoms with Gasteiger partial charge in [0.1, 0.15) is 0 Å². The van der Waals surface area contributed by atoms with Crippen molar-refractivity contribution in [3.05, 3.63) is 11.6 Å². The first kappa shape index (κ1) is 14.3. The summed E-state index contributed by atoms with van der Waals surface area (Å²) in [5, 5.41) is 8.87. The Balaban J connectivity index is 2.46. The van der Waals surface area contributed by atoms with E-state index in [9.17, 15) is 0 Å². The van der Waals surface area contributed by atoms with E-state index in [4.69, 9.17) is 5.26 Å². The predicted molar refractivity (Wildman–Crippen MR) is 72.7 cm³/mol. The van der Waals surface area contributed by atoms with Crippen molar-refractivity contribution >= 4 is 0 Å². The van der Waals surface area contributed by atoms with Crippen LogP contribution in [0.4, 0.5) is 0 Å². The Bertz CT molecular complexity index is 267. The summed E-state index contributed by atoms with van der Waals surface area (Å²) in [6.07, 6.45) is 10.5. The molecular weight excluding hydrogens is 208 g/mol. The molecule has 0 heterocycles. The summed E-state index contributed by atoms with van der Waals surface area (Å²) in [7, 11) is 0. The molecule has 0 aliphatic heterocycles. The van der Waals surface area contributed by atoms with E-state index >= 15 is 0 Å². The van der Waals surface area contributed by atoms with E-state index in [1.54, 1.807) is 0 Å². The van der Waals surface area contributed by atoms with Crippen LogP contribution in [0.3, 0.4) is 0 Å². The van der Waals surface area contributed by atoms with Crippen LogP contribution < -0.4 is 0 Å². The molecule has 0 saturated heterocycles. The molecule has 0 saturated carbocycles. The van der Waals surface area contributed by atoms with Crippen molar-refractivity contribution in [2.75, 3.05) is 13.1 Å². The third kappa shape index (κ3) is 4.91. The van der Waals surface area contributed by atoms with Crippen LogP contribution in [-0.2, 0) is 0 Å². The van der Waals surface area contributed by atoms with Crippen molar-refractivity contribution in [1.29, 1.82) is 5.26 Å². The maximum Gasteiger partial charge on any atom is 0.0943 e. The van der Waals surface area contributed by atoms with Gasteiger partial charge in [0.2, 0.25) is 0 Å². The van der Waals surface area contributed by atoms with Gasteiger partial charge in [-0.05, 0) is 45.2 Å². The van der Waals surface area contributed by atoms with Crippen LogP contribution in [0.5, 0.6) is 0 Å². The first-order chi connectivity index (χ1) is 8.31. The smallest absolute Gasteiger partial charge is 0.0943 e. The fraction of sp³-hybridized carbons (Fsp3) is 0.800. The number of nitriles is 1. The summed E-state index contributed by atoms with van der Waals surface area (Å²) in [5.41, 5.74) is 0.993. The molecule has 2 nitrogen and oxygen atoms in total. The summed E-state index contributed by atoms with van der Waals surface area (Å²) in [5.74, 6) is 0. The van der Waals surface area contributed by atoms with Gasteiger partial charge in [0.15, 0.2) is 0 Å². The normalized spacial score (nSPS) is 20.1. The third-order valence-electron chi connectivity index (χ3n) is 3.64. The Hall–Kier alpha value is -0.810. The Morgan fingerprint density at radius 1 is 1.29 bits per heavy atom. The predicted octanol–water partition coefficient (Wildman–Crippen LogP) is 3.89. The standard InChI is InChI=1S/C15H26N2/c1-3-5-11-17(12-6-4-2)15-9-7-14(13-16)8-10-15/h7,15H,3-6,8-12H2,1-2H3. The average molecular weight is 234 g/mol. The van der Waals surface area contributed by atoms with E-state index in [2.05, 4.69) is 30.9 Å². The van der Waals surface area contributed by atoms with Crippen molar-refractivity contribution in [3.8, 4) is 6.07 Å². The van der Waals surface area contributed by atoms with Gasteiger partial charge in [-0.15, -0.1) is 0 Å². The summed E-state index contributed by atoms with van der Waals surface area (Å²) in [6.45, 7) is 6.98. The molecule has 0 aromatic heterocycles. The fourth-order valence-electron chi connectivity index (χ4n) is 2.45. The zero-order chi connectivity index (χ0) is 12.5. The summed E-state index contributed by atoms with van der Waals surface area (Å²) in [6, 6.07) is 2.98. The monoisotopic (exact) mass is 234 g/mol. The van der Waals surface area contributed by atoms with Gasteiger partial charge in [-0.2, -0.15) is 5.26 Å². The molecule has 1 aliphatic rings. The van der Waals surface area contributed by atoms with E-state index < -0.39 is 0 Å². The van der Waals surface area contributed by atoms with Gasteiger partial charge in [0.25, 0.3) is 0 Å². The van der Waals surface area contributed by atoms with Crippen molar-refractivity contribution < 1.29 is 0 Å². The Morgan fingerprint density at radius 3 is 2.35 bits per heavy atom. The van der Waals surface area contributed by atoms with Gasteiger partial charge < -0.3 is 4.90 Å². The van der Waals surface area contributed by atoms with Crippen LogP contribution in [0, 0.1) is 11.3 Å². The summed E-state index contributed by atoms with van der Waals surface area (Å²) >= 11 is 0. The minimum Gasteiger partial charge on any atom is -0.300 e. The molecule has 0 bridgehead atoms. The lowest BCUT2D eigenvalue weighted by molar-refractivity contribution is 0.178. The molecule has 0 aromatic rings. The Morgan fingerprint density at radius 2 is 1.94 bits per heavy atom. The molecule has 2 heteroatoms. The van der Waals surface area contributed by atoms with Crippen molar-refractivity contribution in [2.24, 2.45) is 0 Å². The van der Waals surface area contributed by atoms with E-state index in [0.717, 1.165) is 18.4 Å². The van der Waals surface area contributed by atoms with Crippen molar-refractivity contribution in [2.45, 2.75) is 64.8 Å². The highest BCUT2D eigenvalue weighted by molar-refractivity contribution is 5.23. The highest BCUT2D eigenvalue weighted by atomic mass is 15.1. The average Bonchev–Trinajstić information content (AvgIpc) is 2.39. The summed E-state index contributed by atoms with van der Waals surface area (Å²) in [4.78, 5) is 2.65. The number of hydrogen-bond acceptors (Lipinski definition) is 2. The molecule has 0 radical (unpaired) electrons. The molecule has 96 valence electrons. The van der Waals surface area contributed by atoms with Crippen LogP contribution in [0.15, 0.2) is 11.6 Å². The second kappa shape index (κ2) is 8.31. The van der Waals surface area contributed by atoms with Crippen molar-refractivity contribution in [3.63, 3.8) is 0 Å². The topological polar surface area (TPSA) is 27.0 Å². The first-order valence-electron chi connectivity index (χ1n) is 7.15. The van der Waals surface area contributed by atoms with Crippen LogP contribution >= 0.6 is 0 Å². The molecule has 1 aliphatic carbocycles. The molecule has 1 unspecified atom stereocenters. The van der Waals surface area contributed by atoms with Gasteiger partial charge in [0, 0.05) is 11.6 Å². The van der Waals surface area contributed by atoms with Crippen LogP contribution in [0.2, 0.25) is 0 Å². The number of hydrogen-bond donors (Lipinski definition) is 0. The van der Waals surface area contributed by atoms with E-state index in [0.29, 0.717) is 6.04 Å². The minimum atomic E-state index is 0.685. The van der Waals surface area contributed by atoms with Gasteiger partial charge in [-0.1, -0.05) is 32.8 Å². The zero-order valence-electron chi connectivity index (χ0n) is 11.4. The van der Waals surface area contributed by atoms with E-state index in [1.165, 1.54) is 45.2 Å². The number of rotatable bonds is 7. The second-order valence-corrected chi connectivity index (χ2v) is 5.01. The largest absolute Gasteiger partial charge is 0.300 e. The van der Waals surface area contributed by atoms with Gasteiger partial charge >= 0.3 is 0 Å². The minimum absolute atomic E-state index is 0.685. The molecule has 0 amide bonds. The first-order valence-corrected chi connectivity index (χ1v) is 7.15. The molecule has 0 spiro atoms. The van der Waals surface area contributed by atoms with Gasteiger partial charge in [-0.3, -0.25) is 0 Å². The highest BCUT2D eigenvalue weighted by Crippen LogP contribution is 2.22. The Labute approximate surface area is 106 Å². The van der Waals surface area contributed by atoms with Gasteiger partial charge in [-0.25, -0.2) is 0 Å². The number of allylic oxidation sites excluding steroid dienone is 1. The van der Waals surface area contributed by atoms with Gasteiger partial charge in [0.05, 0.1) is 6.07 Å². The zero-order valence-corrected chi connectivity index (χ0v) is 11.4. The number of unbranched alkanes of at least 4 members (excludes halogenated alkanes) is 2. The second-order valence-electron chi connectivity index (χ2n) is 5.01. The highest BCUT2D eigenvalue weighted by Gasteiger charge is 2.20. The number of nitrogens with zero attached hydrogens (tertiary/aromatic N) is 2. The van der Waals surface area contributed by atoms with E-state index in [1.807, 2.05) is 0 Å². The third-order valence-corrected chi connectivity index (χ3v) is 3.64. The molecule has 17 heavy (non-hydrogen) atoms. The van der Waals surface area contributed by atoms with Crippen molar-refractivity contribution in [1.82, 2.24) is 4.90 Å². The fourth-order valence-corrected chi connectivity index (χ4v) is 2.45. The van der Waals surface area contributed by atoms with Crippen LogP contribution in [-0.4, -0.2) is 24.0 Å². The SMILES string of the molecule is CCCCN(CCCC)C1CC=C(C#N)CC1.